The molecule has 1 saturated heterocycles. The van der Waals surface area contributed by atoms with Crippen LogP contribution in [0.25, 0.3) is 11.0 Å². The number of fused-ring (bicyclic) bond motifs is 1. The van der Waals surface area contributed by atoms with Gasteiger partial charge in [-0.2, -0.15) is 0 Å². The van der Waals surface area contributed by atoms with Crippen LogP contribution in [0.4, 0.5) is 5.69 Å². The minimum atomic E-state index is 0.793. The molecule has 0 saturated carbocycles. The highest BCUT2D eigenvalue weighted by Gasteiger charge is 2.14. The van der Waals surface area contributed by atoms with Crippen molar-refractivity contribution < 1.29 is 9.15 Å². The second kappa shape index (κ2) is 6.59. The van der Waals surface area contributed by atoms with Crippen molar-refractivity contribution in [1.82, 2.24) is 0 Å². The molecular weight excluding hydrogens is 374 g/mol. The summed E-state index contributed by atoms with van der Waals surface area (Å²) in [6.07, 6.45) is 1.84. The van der Waals surface area contributed by atoms with Gasteiger partial charge in [0.05, 0.1) is 18.1 Å². The number of rotatable bonds is 3. The summed E-state index contributed by atoms with van der Waals surface area (Å²) < 4.78 is 12.2. The maximum absolute atomic E-state index is 5.64. The summed E-state index contributed by atoms with van der Waals surface area (Å²) in [5.41, 5.74) is 2.16. The Bertz CT molecular complexity index is 827. The SMILES string of the molecule is Brc1cc(Sc2coc3ccccc23)cc(N2CCOCC2)c1. The summed E-state index contributed by atoms with van der Waals surface area (Å²) in [7, 11) is 0. The predicted octanol–water partition coefficient (Wildman–Crippen LogP) is 5.18. The molecule has 0 spiro atoms. The first-order valence-electron chi connectivity index (χ1n) is 7.57. The standard InChI is InChI=1S/C18H16BrNO2S/c19-13-9-14(20-5-7-21-8-6-20)11-15(10-13)23-18-12-22-17-4-2-1-3-16(17)18/h1-4,9-12H,5-8H2. The molecule has 0 bridgehead atoms. The Morgan fingerprint density at radius 3 is 2.74 bits per heavy atom. The van der Waals surface area contributed by atoms with Gasteiger partial charge < -0.3 is 14.1 Å². The molecule has 1 aliphatic rings. The van der Waals surface area contributed by atoms with Gasteiger partial charge in [0.1, 0.15) is 11.8 Å². The smallest absolute Gasteiger partial charge is 0.135 e. The normalized spacial score (nSPS) is 15.3. The molecule has 2 heterocycles. The van der Waals surface area contributed by atoms with Gasteiger partial charge in [-0.05, 0) is 30.3 Å². The van der Waals surface area contributed by atoms with Crippen LogP contribution in [0.2, 0.25) is 0 Å². The molecule has 1 fully saturated rings. The van der Waals surface area contributed by atoms with Crippen LogP contribution in [-0.2, 0) is 4.74 Å². The molecule has 4 rings (SSSR count). The van der Waals surface area contributed by atoms with Crippen LogP contribution >= 0.6 is 27.7 Å². The van der Waals surface area contributed by atoms with E-state index in [0.717, 1.165) is 46.6 Å². The molecule has 118 valence electrons. The molecule has 5 heteroatoms. The first-order chi connectivity index (χ1) is 11.3. The Hall–Kier alpha value is -1.43. The Morgan fingerprint density at radius 1 is 1.04 bits per heavy atom. The number of ether oxygens (including phenoxy) is 1. The lowest BCUT2D eigenvalue weighted by Crippen LogP contribution is -2.36. The average Bonchev–Trinajstić information content (AvgIpc) is 2.98. The van der Waals surface area contributed by atoms with Gasteiger partial charge in [-0.1, -0.05) is 39.8 Å². The van der Waals surface area contributed by atoms with Crippen LogP contribution in [0.1, 0.15) is 0 Å². The predicted molar refractivity (Wildman–Crippen MR) is 97.5 cm³/mol. The number of para-hydroxylation sites is 1. The molecule has 0 radical (unpaired) electrons. The van der Waals surface area contributed by atoms with E-state index < -0.39 is 0 Å². The van der Waals surface area contributed by atoms with E-state index in [2.05, 4.69) is 45.1 Å². The van der Waals surface area contributed by atoms with Crippen molar-refractivity contribution >= 4 is 44.3 Å². The topological polar surface area (TPSA) is 25.6 Å². The van der Waals surface area contributed by atoms with Crippen LogP contribution in [0.3, 0.4) is 0 Å². The third-order valence-corrected chi connectivity index (χ3v) is 5.37. The lowest BCUT2D eigenvalue weighted by Gasteiger charge is -2.29. The fourth-order valence-corrected chi connectivity index (χ4v) is 4.40. The Balaban J connectivity index is 1.64. The second-order valence-electron chi connectivity index (χ2n) is 5.44. The fraction of sp³-hybridized carbons (Fsp3) is 0.222. The Labute approximate surface area is 147 Å². The van der Waals surface area contributed by atoms with E-state index in [1.54, 1.807) is 11.8 Å². The van der Waals surface area contributed by atoms with Crippen LogP contribution in [0, 0.1) is 0 Å². The quantitative estimate of drug-likeness (QED) is 0.615. The minimum absolute atomic E-state index is 0.793. The van der Waals surface area contributed by atoms with Gasteiger partial charge in [-0.3, -0.25) is 0 Å². The number of halogens is 1. The van der Waals surface area contributed by atoms with E-state index in [1.807, 2.05) is 24.5 Å². The molecule has 1 aromatic heterocycles. The van der Waals surface area contributed by atoms with Gasteiger partial charge in [0.25, 0.3) is 0 Å². The molecule has 0 atom stereocenters. The van der Waals surface area contributed by atoms with Crippen molar-refractivity contribution in [2.75, 3.05) is 31.2 Å². The van der Waals surface area contributed by atoms with Crippen molar-refractivity contribution in [2.24, 2.45) is 0 Å². The van der Waals surface area contributed by atoms with Gasteiger partial charge in [0, 0.05) is 33.5 Å². The van der Waals surface area contributed by atoms with Crippen molar-refractivity contribution in [1.29, 1.82) is 0 Å². The maximum atomic E-state index is 5.64. The Kier molecular flexibility index (Phi) is 4.33. The third-order valence-electron chi connectivity index (χ3n) is 3.91. The zero-order valence-corrected chi connectivity index (χ0v) is 14.9. The van der Waals surface area contributed by atoms with Gasteiger partial charge >= 0.3 is 0 Å². The van der Waals surface area contributed by atoms with Gasteiger partial charge in [0.2, 0.25) is 0 Å². The number of benzene rings is 2. The van der Waals surface area contributed by atoms with Crippen LogP contribution in [0.15, 0.2) is 67.4 Å². The summed E-state index contributed by atoms with van der Waals surface area (Å²) >= 11 is 5.37. The highest BCUT2D eigenvalue weighted by Crippen LogP contribution is 2.37. The summed E-state index contributed by atoms with van der Waals surface area (Å²) in [6.45, 7) is 3.47. The number of morpholine rings is 1. The summed E-state index contributed by atoms with van der Waals surface area (Å²) in [5, 5.41) is 1.16. The van der Waals surface area contributed by atoms with Crippen LogP contribution in [-0.4, -0.2) is 26.3 Å². The average molecular weight is 390 g/mol. The Morgan fingerprint density at radius 2 is 1.87 bits per heavy atom. The molecule has 1 aliphatic heterocycles. The molecule has 0 unspecified atom stereocenters. The highest BCUT2D eigenvalue weighted by molar-refractivity contribution is 9.10. The molecule has 0 amide bonds. The summed E-state index contributed by atoms with van der Waals surface area (Å²) in [6, 6.07) is 14.7. The molecule has 2 aromatic carbocycles. The molecule has 3 nitrogen and oxygen atoms in total. The van der Waals surface area contributed by atoms with Gasteiger partial charge in [-0.15, -0.1) is 0 Å². The summed E-state index contributed by atoms with van der Waals surface area (Å²) in [4.78, 5) is 4.71. The van der Waals surface area contributed by atoms with E-state index in [-0.39, 0.29) is 0 Å². The maximum Gasteiger partial charge on any atom is 0.135 e. The van der Waals surface area contributed by atoms with Gasteiger partial charge in [0.15, 0.2) is 0 Å². The number of hydrogen-bond donors (Lipinski definition) is 0. The first kappa shape index (κ1) is 15.1. The number of furan rings is 1. The van der Waals surface area contributed by atoms with E-state index in [9.17, 15) is 0 Å². The van der Waals surface area contributed by atoms with Crippen molar-refractivity contribution in [3.05, 3.63) is 53.2 Å². The van der Waals surface area contributed by atoms with Crippen molar-refractivity contribution in [3.63, 3.8) is 0 Å². The number of anilines is 1. The molecule has 23 heavy (non-hydrogen) atoms. The largest absolute Gasteiger partial charge is 0.463 e. The lowest BCUT2D eigenvalue weighted by atomic mass is 10.2. The molecule has 0 N–H and O–H groups in total. The fourth-order valence-electron chi connectivity index (χ4n) is 2.77. The zero-order chi connectivity index (χ0) is 15.6. The monoisotopic (exact) mass is 389 g/mol. The second-order valence-corrected chi connectivity index (χ2v) is 7.47. The van der Waals surface area contributed by atoms with E-state index >= 15 is 0 Å². The van der Waals surface area contributed by atoms with Crippen molar-refractivity contribution in [2.45, 2.75) is 9.79 Å². The molecular formula is C18H16BrNO2S. The lowest BCUT2D eigenvalue weighted by molar-refractivity contribution is 0.122. The van der Waals surface area contributed by atoms with E-state index in [4.69, 9.17) is 9.15 Å². The number of nitrogens with zero attached hydrogens (tertiary/aromatic N) is 1. The zero-order valence-electron chi connectivity index (χ0n) is 12.5. The van der Waals surface area contributed by atoms with Gasteiger partial charge in [-0.25, -0.2) is 0 Å². The molecule has 0 aliphatic carbocycles. The number of hydrogen-bond acceptors (Lipinski definition) is 4. The first-order valence-corrected chi connectivity index (χ1v) is 9.18. The van der Waals surface area contributed by atoms with Crippen LogP contribution < -0.4 is 4.90 Å². The van der Waals surface area contributed by atoms with E-state index in [0.29, 0.717) is 0 Å². The highest BCUT2D eigenvalue weighted by atomic mass is 79.9. The van der Waals surface area contributed by atoms with Crippen LogP contribution in [0.5, 0.6) is 0 Å². The minimum Gasteiger partial charge on any atom is -0.463 e. The third kappa shape index (κ3) is 3.27. The molecule has 3 aromatic rings. The summed E-state index contributed by atoms with van der Waals surface area (Å²) in [5.74, 6) is 0. The van der Waals surface area contributed by atoms with E-state index in [1.165, 1.54) is 10.6 Å². The van der Waals surface area contributed by atoms with Crippen molar-refractivity contribution in [3.8, 4) is 0 Å².